The molecule has 3 saturated carbocycles. The first-order valence-electron chi connectivity index (χ1n) is 10.4. The van der Waals surface area contributed by atoms with Crippen LogP contribution in [0.3, 0.4) is 0 Å². The SMILES string of the molecule is Cc1nn(CC23CCC(N(C)C(=O)OC(C)(C)C)(CC2)CC3)c2ccncc12. The van der Waals surface area contributed by atoms with E-state index in [-0.39, 0.29) is 17.0 Å². The Hall–Kier alpha value is -2.11. The first kappa shape index (κ1) is 19.2. The van der Waals surface area contributed by atoms with Crippen molar-refractivity contribution in [3.05, 3.63) is 24.2 Å². The molecule has 2 aromatic rings. The average Bonchev–Trinajstić information content (AvgIpc) is 2.97. The Kier molecular flexibility index (Phi) is 4.43. The molecule has 0 saturated heterocycles. The molecule has 3 aliphatic carbocycles. The number of hydrogen-bond donors (Lipinski definition) is 0. The molecule has 0 aliphatic heterocycles. The van der Waals surface area contributed by atoms with Crippen molar-refractivity contribution in [1.82, 2.24) is 19.7 Å². The van der Waals surface area contributed by atoms with E-state index in [2.05, 4.69) is 22.7 Å². The number of pyridine rings is 1. The number of carbonyl (C=O) groups excluding carboxylic acids is 1. The van der Waals surface area contributed by atoms with Gasteiger partial charge in [-0.1, -0.05) is 0 Å². The second-order valence-corrected chi connectivity index (χ2v) is 9.90. The van der Waals surface area contributed by atoms with Crippen LogP contribution in [0.4, 0.5) is 4.79 Å². The predicted octanol–water partition coefficient (Wildman–Crippen LogP) is 4.70. The number of nitrogens with zero attached hydrogens (tertiary/aromatic N) is 4. The Bertz CT molecular complexity index is 871. The maximum Gasteiger partial charge on any atom is 0.410 e. The summed E-state index contributed by atoms with van der Waals surface area (Å²) in [6.45, 7) is 8.79. The topological polar surface area (TPSA) is 60.2 Å². The average molecular weight is 385 g/mol. The Morgan fingerprint density at radius 3 is 2.46 bits per heavy atom. The van der Waals surface area contributed by atoms with Gasteiger partial charge in [0.25, 0.3) is 0 Å². The van der Waals surface area contributed by atoms with Crippen molar-refractivity contribution in [1.29, 1.82) is 0 Å². The van der Waals surface area contributed by atoms with Gasteiger partial charge in [0.2, 0.25) is 0 Å². The molecule has 0 spiro atoms. The molecular weight excluding hydrogens is 352 g/mol. The summed E-state index contributed by atoms with van der Waals surface area (Å²) in [5, 5.41) is 5.95. The summed E-state index contributed by atoms with van der Waals surface area (Å²) < 4.78 is 7.82. The fourth-order valence-electron chi connectivity index (χ4n) is 5.13. The Morgan fingerprint density at radius 2 is 1.86 bits per heavy atom. The third kappa shape index (κ3) is 3.27. The Morgan fingerprint density at radius 1 is 1.21 bits per heavy atom. The van der Waals surface area contributed by atoms with Gasteiger partial charge in [0.15, 0.2) is 0 Å². The standard InChI is InChI=1S/C22H32N4O2/c1-16-17-14-23-13-6-18(17)26(24-16)15-21-7-10-22(11-8-21,12-9-21)25(5)19(27)28-20(2,3)4/h6,13-14H,7-12,15H2,1-5H3. The van der Waals surface area contributed by atoms with Gasteiger partial charge in [0, 0.05) is 36.9 Å². The fraction of sp³-hybridized carbons (Fsp3) is 0.682. The summed E-state index contributed by atoms with van der Waals surface area (Å²) in [6, 6.07) is 2.07. The lowest BCUT2D eigenvalue weighted by molar-refractivity contribution is -0.0600. The zero-order chi connectivity index (χ0) is 20.2. The second kappa shape index (κ2) is 6.46. The van der Waals surface area contributed by atoms with Crippen LogP contribution in [0.15, 0.2) is 18.5 Å². The molecule has 0 atom stereocenters. The first-order chi connectivity index (χ1) is 13.1. The second-order valence-electron chi connectivity index (χ2n) is 9.90. The highest BCUT2D eigenvalue weighted by atomic mass is 16.6. The Balaban J connectivity index is 1.49. The lowest BCUT2D eigenvalue weighted by Crippen LogP contribution is -2.58. The zero-order valence-electron chi connectivity index (χ0n) is 17.8. The van der Waals surface area contributed by atoms with E-state index in [1.807, 2.05) is 45.1 Å². The van der Waals surface area contributed by atoms with Crippen LogP contribution in [0.1, 0.15) is 65.0 Å². The van der Waals surface area contributed by atoms with Crippen molar-refractivity contribution < 1.29 is 9.53 Å². The van der Waals surface area contributed by atoms with Crippen LogP contribution in [0.25, 0.3) is 10.9 Å². The molecule has 0 N–H and O–H groups in total. The van der Waals surface area contributed by atoms with E-state index in [0.29, 0.717) is 0 Å². The van der Waals surface area contributed by atoms with Gasteiger partial charge in [-0.2, -0.15) is 5.10 Å². The van der Waals surface area contributed by atoms with Gasteiger partial charge in [-0.25, -0.2) is 4.79 Å². The van der Waals surface area contributed by atoms with E-state index < -0.39 is 5.60 Å². The molecule has 3 fully saturated rings. The minimum Gasteiger partial charge on any atom is -0.444 e. The molecule has 152 valence electrons. The number of aromatic nitrogens is 3. The van der Waals surface area contributed by atoms with Crippen molar-refractivity contribution >= 4 is 17.0 Å². The van der Waals surface area contributed by atoms with Crippen LogP contribution in [-0.2, 0) is 11.3 Å². The van der Waals surface area contributed by atoms with E-state index >= 15 is 0 Å². The molecule has 2 heterocycles. The van der Waals surface area contributed by atoms with Crippen LogP contribution in [0, 0.1) is 12.3 Å². The number of fused-ring (bicyclic) bond motifs is 4. The van der Waals surface area contributed by atoms with Gasteiger partial charge in [-0.05, 0) is 77.7 Å². The fourth-order valence-corrected chi connectivity index (χ4v) is 5.13. The Labute approximate surface area is 167 Å². The molecule has 0 unspecified atom stereocenters. The molecule has 2 bridgehead atoms. The number of carbonyl (C=O) groups is 1. The molecule has 0 radical (unpaired) electrons. The smallest absolute Gasteiger partial charge is 0.410 e. The monoisotopic (exact) mass is 384 g/mol. The van der Waals surface area contributed by atoms with Crippen LogP contribution < -0.4 is 0 Å². The number of aryl methyl sites for hydroxylation is 1. The van der Waals surface area contributed by atoms with Gasteiger partial charge in [0.1, 0.15) is 5.60 Å². The zero-order valence-corrected chi connectivity index (χ0v) is 17.8. The number of rotatable bonds is 3. The molecular formula is C22H32N4O2. The van der Waals surface area contributed by atoms with Gasteiger partial charge in [-0.3, -0.25) is 9.67 Å². The normalized spacial score (nSPS) is 27.2. The highest BCUT2D eigenvalue weighted by molar-refractivity contribution is 5.80. The molecule has 1 amide bonds. The lowest BCUT2D eigenvalue weighted by Gasteiger charge is -2.56. The summed E-state index contributed by atoms with van der Waals surface area (Å²) in [7, 11) is 1.92. The quantitative estimate of drug-likeness (QED) is 0.769. The summed E-state index contributed by atoms with van der Waals surface area (Å²) in [5.74, 6) is 0. The van der Waals surface area contributed by atoms with Crippen LogP contribution in [-0.4, -0.2) is 43.9 Å². The minimum absolute atomic E-state index is 0.0455. The summed E-state index contributed by atoms with van der Waals surface area (Å²) in [4.78, 5) is 18.8. The van der Waals surface area contributed by atoms with E-state index in [1.165, 1.54) is 5.52 Å². The highest BCUT2D eigenvalue weighted by Gasteiger charge is 2.52. The summed E-state index contributed by atoms with van der Waals surface area (Å²) in [5.41, 5.74) is 2.00. The molecule has 3 aliphatic rings. The van der Waals surface area contributed by atoms with Gasteiger partial charge < -0.3 is 9.64 Å². The van der Waals surface area contributed by atoms with Gasteiger partial charge in [-0.15, -0.1) is 0 Å². The van der Waals surface area contributed by atoms with Crippen molar-refractivity contribution in [2.75, 3.05) is 7.05 Å². The van der Waals surface area contributed by atoms with E-state index in [4.69, 9.17) is 9.84 Å². The molecule has 6 nitrogen and oxygen atoms in total. The lowest BCUT2D eigenvalue weighted by atomic mass is 9.57. The van der Waals surface area contributed by atoms with Crippen molar-refractivity contribution in [3.8, 4) is 0 Å². The van der Waals surface area contributed by atoms with E-state index in [9.17, 15) is 4.79 Å². The third-order valence-corrected chi connectivity index (χ3v) is 6.96. The molecule has 6 heteroatoms. The van der Waals surface area contributed by atoms with Crippen molar-refractivity contribution in [2.45, 2.75) is 83.9 Å². The summed E-state index contributed by atoms with van der Waals surface area (Å²) >= 11 is 0. The number of hydrogen-bond acceptors (Lipinski definition) is 4. The molecule has 2 aromatic heterocycles. The van der Waals surface area contributed by atoms with Crippen LogP contribution in [0.2, 0.25) is 0 Å². The van der Waals surface area contributed by atoms with Crippen LogP contribution in [0.5, 0.6) is 0 Å². The van der Waals surface area contributed by atoms with Crippen LogP contribution >= 0.6 is 0 Å². The minimum atomic E-state index is -0.455. The first-order valence-corrected chi connectivity index (χ1v) is 10.4. The highest BCUT2D eigenvalue weighted by Crippen LogP contribution is 2.55. The molecule has 5 rings (SSSR count). The maximum atomic E-state index is 12.6. The molecule has 0 aromatic carbocycles. The van der Waals surface area contributed by atoms with Gasteiger partial charge >= 0.3 is 6.09 Å². The summed E-state index contributed by atoms with van der Waals surface area (Å²) in [6.07, 6.45) is 10.1. The number of ether oxygens (including phenoxy) is 1. The predicted molar refractivity (Wildman–Crippen MR) is 109 cm³/mol. The third-order valence-electron chi connectivity index (χ3n) is 6.96. The van der Waals surface area contributed by atoms with E-state index in [0.717, 1.165) is 56.1 Å². The maximum absolute atomic E-state index is 12.6. The van der Waals surface area contributed by atoms with Crippen molar-refractivity contribution in [2.24, 2.45) is 5.41 Å². The number of amides is 1. The van der Waals surface area contributed by atoms with Crippen molar-refractivity contribution in [3.63, 3.8) is 0 Å². The molecule has 28 heavy (non-hydrogen) atoms. The van der Waals surface area contributed by atoms with E-state index in [1.54, 1.807) is 0 Å². The largest absolute Gasteiger partial charge is 0.444 e. The van der Waals surface area contributed by atoms with Gasteiger partial charge in [0.05, 0.1) is 11.2 Å².